The molecule has 0 bridgehead atoms. The fourth-order valence-electron chi connectivity index (χ4n) is 1.92. The molecule has 1 fully saturated rings. The highest BCUT2D eigenvalue weighted by Crippen LogP contribution is 2.19. The van der Waals surface area contributed by atoms with Gasteiger partial charge < -0.3 is 10.0 Å². The molecule has 3 heteroatoms. The number of hydrogen-bond donors (Lipinski definition) is 1. The monoisotopic (exact) mass is 199 g/mol. The quantitative estimate of drug-likeness (QED) is 0.740. The predicted octanol–water partition coefficient (Wildman–Crippen LogP) is 1.26. The Morgan fingerprint density at radius 3 is 2.43 bits per heavy atom. The number of hydrogen-bond acceptors (Lipinski definition) is 2. The lowest BCUT2D eigenvalue weighted by atomic mass is 9.92. The van der Waals surface area contributed by atoms with Crippen LogP contribution in [0.1, 0.15) is 33.1 Å². The molecule has 0 aliphatic carbocycles. The summed E-state index contributed by atoms with van der Waals surface area (Å²) in [4.78, 5) is 13.9. The molecule has 0 saturated carbocycles. The molecule has 0 aromatic rings. The fraction of sp³-hybridized carbons (Fsp3) is 0.909. The second-order valence-corrected chi connectivity index (χ2v) is 4.31. The maximum absolute atomic E-state index is 11.9. The summed E-state index contributed by atoms with van der Waals surface area (Å²) in [5.41, 5.74) is 0. The SMILES string of the molecule is CC(CCO)C(C)C(=O)N1CCCC1. The van der Waals surface area contributed by atoms with E-state index in [-0.39, 0.29) is 24.3 Å². The van der Waals surface area contributed by atoms with Crippen LogP contribution in [0.3, 0.4) is 0 Å². The largest absolute Gasteiger partial charge is 0.396 e. The van der Waals surface area contributed by atoms with E-state index >= 15 is 0 Å². The Morgan fingerprint density at radius 2 is 1.93 bits per heavy atom. The minimum Gasteiger partial charge on any atom is -0.396 e. The van der Waals surface area contributed by atoms with Gasteiger partial charge in [-0.2, -0.15) is 0 Å². The second-order valence-electron chi connectivity index (χ2n) is 4.31. The van der Waals surface area contributed by atoms with E-state index in [0.717, 1.165) is 32.4 Å². The number of aliphatic hydroxyl groups is 1. The van der Waals surface area contributed by atoms with Crippen molar-refractivity contribution in [2.75, 3.05) is 19.7 Å². The van der Waals surface area contributed by atoms with Crippen LogP contribution in [0.4, 0.5) is 0 Å². The van der Waals surface area contributed by atoms with Crippen molar-refractivity contribution in [2.24, 2.45) is 11.8 Å². The van der Waals surface area contributed by atoms with Crippen LogP contribution in [0.5, 0.6) is 0 Å². The van der Waals surface area contributed by atoms with Crippen molar-refractivity contribution in [3.8, 4) is 0 Å². The third kappa shape index (κ3) is 2.71. The van der Waals surface area contributed by atoms with E-state index in [0.29, 0.717) is 0 Å². The highest BCUT2D eigenvalue weighted by molar-refractivity contribution is 5.78. The number of likely N-dealkylation sites (tertiary alicyclic amines) is 1. The molecule has 3 nitrogen and oxygen atoms in total. The summed E-state index contributed by atoms with van der Waals surface area (Å²) in [6.07, 6.45) is 3.01. The molecule has 1 heterocycles. The maximum atomic E-state index is 11.9. The Bertz CT molecular complexity index is 188. The Hall–Kier alpha value is -0.570. The molecule has 2 atom stereocenters. The van der Waals surface area contributed by atoms with Gasteiger partial charge in [0.25, 0.3) is 0 Å². The Labute approximate surface area is 86.1 Å². The Kier molecular flexibility index (Phi) is 4.39. The van der Waals surface area contributed by atoms with Crippen LogP contribution in [0.15, 0.2) is 0 Å². The number of carbonyl (C=O) groups is 1. The predicted molar refractivity (Wildman–Crippen MR) is 55.8 cm³/mol. The molecular formula is C11H21NO2. The molecule has 0 aromatic carbocycles. The lowest BCUT2D eigenvalue weighted by molar-refractivity contribution is -0.135. The van der Waals surface area contributed by atoms with Gasteiger partial charge in [-0.1, -0.05) is 13.8 Å². The average Bonchev–Trinajstić information content (AvgIpc) is 2.68. The van der Waals surface area contributed by atoms with Gasteiger partial charge in [0.2, 0.25) is 5.91 Å². The van der Waals surface area contributed by atoms with Crippen LogP contribution >= 0.6 is 0 Å². The van der Waals surface area contributed by atoms with Crippen molar-refractivity contribution in [1.29, 1.82) is 0 Å². The normalized spacial score (nSPS) is 20.9. The van der Waals surface area contributed by atoms with Crippen molar-refractivity contribution in [2.45, 2.75) is 33.1 Å². The molecule has 14 heavy (non-hydrogen) atoms. The van der Waals surface area contributed by atoms with Gasteiger partial charge in [-0.15, -0.1) is 0 Å². The van der Waals surface area contributed by atoms with E-state index in [2.05, 4.69) is 0 Å². The molecule has 0 spiro atoms. The van der Waals surface area contributed by atoms with Crippen LogP contribution in [0, 0.1) is 11.8 Å². The first-order valence-electron chi connectivity index (χ1n) is 5.56. The van der Waals surface area contributed by atoms with Crippen molar-refractivity contribution in [3.05, 3.63) is 0 Å². The molecule has 0 aromatic heterocycles. The molecular weight excluding hydrogens is 178 g/mol. The molecule has 82 valence electrons. The summed E-state index contributed by atoms with van der Waals surface area (Å²) < 4.78 is 0. The number of amides is 1. The molecule has 2 unspecified atom stereocenters. The van der Waals surface area contributed by atoms with E-state index in [1.807, 2.05) is 18.7 Å². The smallest absolute Gasteiger partial charge is 0.225 e. The summed E-state index contributed by atoms with van der Waals surface area (Å²) >= 11 is 0. The van der Waals surface area contributed by atoms with Crippen molar-refractivity contribution in [3.63, 3.8) is 0 Å². The topological polar surface area (TPSA) is 40.5 Å². The summed E-state index contributed by atoms with van der Waals surface area (Å²) in [5.74, 6) is 0.608. The summed E-state index contributed by atoms with van der Waals surface area (Å²) in [6.45, 7) is 6.04. The number of nitrogens with zero attached hydrogens (tertiary/aromatic N) is 1. The van der Waals surface area contributed by atoms with Gasteiger partial charge in [0.1, 0.15) is 0 Å². The van der Waals surface area contributed by atoms with Crippen LogP contribution in [0.2, 0.25) is 0 Å². The number of aliphatic hydroxyl groups excluding tert-OH is 1. The molecule has 1 aliphatic heterocycles. The molecule has 1 N–H and O–H groups in total. The van der Waals surface area contributed by atoms with Gasteiger partial charge in [0.05, 0.1) is 0 Å². The molecule has 1 amide bonds. The first-order chi connectivity index (χ1) is 6.66. The zero-order valence-corrected chi connectivity index (χ0v) is 9.20. The zero-order chi connectivity index (χ0) is 10.6. The van der Waals surface area contributed by atoms with E-state index < -0.39 is 0 Å². The van der Waals surface area contributed by atoms with Crippen LogP contribution in [-0.4, -0.2) is 35.6 Å². The number of carbonyl (C=O) groups excluding carboxylic acids is 1. The molecule has 1 aliphatic rings. The fourth-order valence-corrected chi connectivity index (χ4v) is 1.92. The van der Waals surface area contributed by atoms with Crippen LogP contribution in [0.25, 0.3) is 0 Å². The summed E-state index contributed by atoms with van der Waals surface area (Å²) in [7, 11) is 0. The Balaban J connectivity index is 2.42. The van der Waals surface area contributed by atoms with Crippen LogP contribution in [-0.2, 0) is 4.79 Å². The van der Waals surface area contributed by atoms with Gasteiger partial charge in [-0.25, -0.2) is 0 Å². The first-order valence-corrected chi connectivity index (χ1v) is 5.56. The third-order valence-electron chi connectivity index (χ3n) is 3.25. The van der Waals surface area contributed by atoms with Crippen molar-refractivity contribution in [1.82, 2.24) is 4.90 Å². The minimum absolute atomic E-state index is 0.0558. The van der Waals surface area contributed by atoms with Gasteiger partial charge in [0, 0.05) is 25.6 Å². The Morgan fingerprint density at radius 1 is 1.36 bits per heavy atom. The van der Waals surface area contributed by atoms with Gasteiger partial charge in [-0.3, -0.25) is 4.79 Å². The van der Waals surface area contributed by atoms with Crippen molar-refractivity contribution < 1.29 is 9.90 Å². The lowest BCUT2D eigenvalue weighted by Crippen LogP contribution is -2.35. The zero-order valence-electron chi connectivity index (χ0n) is 9.20. The van der Waals surface area contributed by atoms with Crippen molar-refractivity contribution >= 4 is 5.91 Å². The van der Waals surface area contributed by atoms with Gasteiger partial charge >= 0.3 is 0 Å². The van der Waals surface area contributed by atoms with Gasteiger partial charge in [0.15, 0.2) is 0 Å². The van der Waals surface area contributed by atoms with E-state index in [1.54, 1.807) is 0 Å². The van der Waals surface area contributed by atoms with E-state index in [4.69, 9.17) is 5.11 Å². The molecule has 0 radical (unpaired) electrons. The molecule has 1 rings (SSSR count). The van der Waals surface area contributed by atoms with Crippen LogP contribution < -0.4 is 0 Å². The highest BCUT2D eigenvalue weighted by atomic mass is 16.3. The highest BCUT2D eigenvalue weighted by Gasteiger charge is 2.26. The standard InChI is InChI=1S/C11H21NO2/c1-9(5-8-13)10(2)11(14)12-6-3-4-7-12/h9-10,13H,3-8H2,1-2H3. The maximum Gasteiger partial charge on any atom is 0.225 e. The average molecular weight is 199 g/mol. The van der Waals surface area contributed by atoms with Gasteiger partial charge in [-0.05, 0) is 25.2 Å². The van der Waals surface area contributed by atoms with E-state index in [9.17, 15) is 4.79 Å². The summed E-state index contributed by atoms with van der Waals surface area (Å²) in [5, 5.41) is 8.81. The molecule has 1 saturated heterocycles. The third-order valence-corrected chi connectivity index (χ3v) is 3.25. The second kappa shape index (κ2) is 5.35. The lowest BCUT2D eigenvalue weighted by Gasteiger charge is -2.24. The first kappa shape index (κ1) is 11.5. The van der Waals surface area contributed by atoms with E-state index in [1.165, 1.54) is 0 Å². The number of rotatable bonds is 4. The minimum atomic E-state index is 0.0558. The summed E-state index contributed by atoms with van der Waals surface area (Å²) in [6, 6.07) is 0.